The molecule has 3 aliphatic heterocycles. The third-order valence-corrected chi connectivity index (χ3v) is 15.5. The Hall–Kier alpha value is -2.75. The van der Waals surface area contributed by atoms with Crippen LogP contribution in [0.2, 0.25) is 5.02 Å². The van der Waals surface area contributed by atoms with Gasteiger partial charge in [0.05, 0.1) is 22.0 Å². The van der Waals surface area contributed by atoms with E-state index in [0.717, 1.165) is 101 Å². The molecule has 2 aliphatic carbocycles. The first-order valence-corrected chi connectivity index (χ1v) is 21.1. The third-order valence-electron chi connectivity index (χ3n) is 13.0. The molecule has 5 aliphatic rings. The lowest BCUT2D eigenvalue weighted by Gasteiger charge is -2.48. The number of aryl methyl sites for hydroxylation is 1. The summed E-state index contributed by atoms with van der Waals surface area (Å²) in [5, 5.41) is 0.519. The van der Waals surface area contributed by atoms with Crippen molar-refractivity contribution in [1.29, 1.82) is 0 Å². The fourth-order valence-electron chi connectivity index (χ4n) is 9.62. The Morgan fingerprint density at radius 2 is 1.86 bits per heavy atom. The molecule has 2 amide bonds. The van der Waals surface area contributed by atoms with Crippen LogP contribution in [-0.4, -0.2) is 89.4 Å². The number of amides is 2. The van der Waals surface area contributed by atoms with Crippen LogP contribution < -0.4 is 14.4 Å². The molecule has 8 nitrogen and oxygen atoms in total. The molecular weight excluding hydrogens is 668 g/mol. The quantitative estimate of drug-likeness (QED) is 0.373. The second-order valence-electron chi connectivity index (χ2n) is 16.1. The number of carbonyl (C=O) groups is 2. The van der Waals surface area contributed by atoms with Crippen molar-refractivity contribution < 1.29 is 18.5 Å². The van der Waals surface area contributed by atoms with E-state index in [1.807, 2.05) is 30.0 Å². The molecule has 0 radical (unpaired) electrons. The smallest absolute Gasteiger partial charge is 0.262 e. The second kappa shape index (κ2) is 14.3. The number of rotatable bonds is 2. The number of anilines is 1. The van der Waals surface area contributed by atoms with E-state index in [0.29, 0.717) is 29.9 Å². The number of halogens is 1. The molecule has 1 saturated heterocycles. The van der Waals surface area contributed by atoms with Gasteiger partial charge in [-0.05, 0) is 123 Å². The molecule has 7 atom stereocenters. The summed E-state index contributed by atoms with van der Waals surface area (Å²) in [6.07, 6.45) is 8.68. The summed E-state index contributed by atoms with van der Waals surface area (Å²) >= 11 is 6.49. The molecule has 10 heteroatoms. The highest BCUT2D eigenvalue weighted by Gasteiger charge is 2.45. The minimum absolute atomic E-state index is 0.158. The Morgan fingerprint density at radius 3 is 2.60 bits per heavy atom. The molecule has 50 heavy (non-hydrogen) atoms. The van der Waals surface area contributed by atoms with Crippen molar-refractivity contribution in [2.24, 2.45) is 23.7 Å². The normalized spacial score (nSPS) is 33.7. The van der Waals surface area contributed by atoms with Crippen LogP contribution >= 0.6 is 11.6 Å². The van der Waals surface area contributed by atoms with Crippen LogP contribution in [0.3, 0.4) is 0 Å². The van der Waals surface area contributed by atoms with Gasteiger partial charge in [0.1, 0.15) is 5.75 Å². The van der Waals surface area contributed by atoms with E-state index >= 15 is 0 Å². The summed E-state index contributed by atoms with van der Waals surface area (Å²) in [5.41, 5.74) is 3.89. The van der Waals surface area contributed by atoms with Crippen molar-refractivity contribution in [2.75, 3.05) is 57.3 Å². The summed E-state index contributed by atoms with van der Waals surface area (Å²) in [5.74, 6) is 6.55. The topological polar surface area (TPSA) is 82.2 Å². The molecule has 1 N–H and O–H groups in total. The Balaban J connectivity index is 1.24. The number of nitrogens with zero attached hydrogens (tertiary/aromatic N) is 3. The van der Waals surface area contributed by atoms with Crippen LogP contribution in [0.1, 0.15) is 87.2 Å². The summed E-state index contributed by atoms with van der Waals surface area (Å²) in [6, 6.07) is 12.1. The monoisotopic (exact) mass is 722 g/mol. The average molecular weight is 723 g/mol. The van der Waals surface area contributed by atoms with Gasteiger partial charge in [-0.15, -0.1) is 0 Å². The van der Waals surface area contributed by atoms with E-state index in [1.165, 1.54) is 24.0 Å². The zero-order valence-corrected chi connectivity index (χ0v) is 31.7. The number of piperazine rings is 1. The van der Waals surface area contributed by atoms with Crippen molar-refractivity contribution in [1.82, 2.24) is 14.5 Å². The largest absolute Gasteiger partial charge is 0.490 e. The Bertz CT molecular complexity index is 1710. The highest BCUT2D eigenvalue weighted by atomic mass is 35.5. The van der Waals surface area contributed by atoms with Crippen LogP contribution in [0.15, 0.2) is 36.4 Å². The summed E-state index contributed by atoms with van der Waals surface area (Å²) in [4.78, 5) is 32.9. The lowest BCUT2D eigenvalue weighted by Crippen LogP contribution is -2.52. The van der Waals surface area contributed by atoms with Crippen molar-refractivity contribution in [3.63, 3.8) is 0 Å². The Morgan fingerprint density at radius 1 is 1.06 bits per heavy atom. The summed E-state index contributed by atoms with van der Waals surface area (Å²) in [7, 11) is -2.89. The fourth-order valence-corrected chi connectivity index (χ4v) is 11.3. The first-order chi connectivity index (χ1) is 23.9. The molecule has 2 fully saturated rings. The number of benzene rings is 2. The van der Waals surface area contributed by atoms with Gasteiger partial charge in [0.15, 0.2) is 0 Å². The molecule has 272 valence electrons. The van der Waals surface area contributed by atoms with Crippen LogP contribution in [-0.2, 0) is 26.3 Å². The fraction of sp³-hybridized carbons (Fsp3) is 0.625. The molecule has 2 aromatic rings. The van der Waals surface area contributed by atoms with Crippen LogP contribution in [0.25, 0.3) is 0 Å². The standard InChI is InChI=1S/C40H55ClN4O4S/c1-27-7-5-8-32(23-43-17-19-44(20-18-43)29(3)46)35-13-10-33(35)24-45-25-40(16-6-9-30-21-34(41)12-14-36(30)40)26-49-38-15-11-31(22-37(38)45)39(47)42-50(4,48)28(27)2/h11-12,14-15,21-22,27-28,32-33,35H,4-10,13,16-20,23-26H2,1-3H3,(H,42,47,48)/t27-,28+,32-,33-,35-,40-,50?/m0/s1. The van der Waals surface area contributed by atoms with Crippen molar-refractivity contribution >= 4 is 44.7 Å². The molecule has 1 spiro atoms. The predicted octanol–water partition coefficient (Wildman–Crippen LogP) is 6.19. The molecule has 1 saturated carbocycles. The van der Waals surface area contributed by atoms with Gasteiger partial charge in [0.25, 0.3) is 5.91 Å². The molecule has 2 aromatic carbocycles. The van der Waals surface area contributed by atoms with Gasteiger partial charge in [0.2, 0.25) is 5.91 Å². The number of ether oxygens (including phenoxy) is 1. The summed E-state index contributed by atoms with van der Waals surface area (Å²) in [6.45, 7) is 12.6. The summed E-state index contributed by atoms with van der Waals surface area (Å²) < 4.78 is 23.5. The average Bonchev–Trinajstić information content (AvgIpc) is 3.22. The van der Waals surface area contributed by atoms with Gasteiger partial charge in [-0.25, -0.2) is 4.21 Å². The highest BCUT2D eigenvalue weighted by molar-refractivity contribution is 7.99. The molecule has 2 bridgehead atoms. The van der Waals surface area contributed by atoms with Crippen LogP contribution in [0.5, 0.6) is 5.75 Å². The number of nitrogens with one attached hydrogen (secondary N) is 1. The van der Waals surface area contributed by atoms with Gasteiger partial charge in [-0.2, -0.15) is 0 Å². The van der Waals surface area contributed by atoms with Gasteiger partial charge in [-0.3, -0.25) is 19.2 Å². The molecule has 7 rings (SSSR count). The molecular formula is C40H55ClN4O4S. The second-order valence-corrected chi connectivity index (χ2v) is 19.0. The van der Waals surface area contributed by atoms with E-state index in [-0.39, 0.29) is 28.4 Å². The van der Waals surface area contributed by atoms with Crippen LogP contribution in [0, 0.1) is 23.7 Å². The maximum atomic E-state index is 13.9. The molecule has 1 unspecified atom stereocenters. The van der Waals surface area contributed by atoms with E-state index in [1.54, 1.807) is 13.0 Å². The number of hydrogen-bond acceptors (Lipinski definition) is 6. The third kappa shape index (κ3) is 7.16. The maximum absolute atomic E-state index is 13.9. The zero-order chi connectivity index (χ0) is 35.2. The number of hydrogen-bond donors (Lipinski definition) is 1. The van der Waals surface area contributed by atoms with E-state index < -0.39 is 9.71 Å². The lowest BCUT2D eigenvalue weighted by atomic mass is 9.65. The van der Waals surface area contributed by atoms with Crippen molar-refractivity contribution in [3.05, 3.63) is 58.1 Å². The Kier molecular flexibility index (Phi) is 10.2. The van der Waals surface area contributed by atoms with E-state index in [9.17, 15) is 13.8 Å². The van der Waals surface area contributed by atoms with Crippen molar-refractivity contribution in [3.8, 4) is 5.75 Å². The van der Waals surface area contributed by atoms with Crippen molar-refractivity contribution in [2.45, 2.75) is 82.8 Å². The minimum atomic E-state index is -2.89. The lowest BCUT2D eigenvalue weighted by molar-refractivity contribution is -0.130. The van der Waals surface area contributed by atoms with Gasteiger partial charge in [0, 0.05) is 74.0 Å². The maximum Gasteiger partial charge on any atom is 0.262 e. The molecule has 3 heterocycles. The van der Waals surface area contributed by atoms with Gasteiger partial charge in [-0.1, -0.05) is 31.0 Å². The van der Waals surface area contributed by atoms with Crippen LogP contribution in [0.4, 0.5) is 5.69 Å². The SMILES string of the molecule is C=S1(=O)NC(=O)c2ccc3c(c2)N(C[C@@H]2CC[C@H]2[C@H](CN2CCN(C(C)=O)CC2)CCC[C@H](C)[C@H]1C)C[C@@]1(CCCc2cc(Cl)ccc21)CO3. The number of carbonyl (C=O) groups excluding carboxylic acids is 2. The highest BCUT2D eigenvalue weighted by Crippen LogP contribution is 2.48. The Labute approximate surface area is 304 Å². The van der Waals surface area contributed by atoms with E-state index in [2.05, 4.69) is 39.4 Å². The zero-order valence-electron chi connectivity index (χ0n) is 30.1. The molecule has 0 aromatic heterocycles. The predicted molar refractivity (Wildman–Crippen MR) is 204 cm³/mol. The minimum Gasteiger partial charge on any atom is -0.490 e. The van der Waals surface area contributed by atoms with E-state index in [4.69, 9.17) is 16.3 Å². The van der Waals surface area contributed by atoms with Gasteiger partial charge >= 0.3 is 0 Å². The van der Waals surface area contributed by atoms with Gasteiger partial charge < -0.3 is 14.5 Å². The first-order valence-electron chi connectivity index (χ1n) is 18.9. The first kappa shape index (κ1) is 35.6. The number of fused-ring (bicyclic) bond motifs is 4.